The lowest BCUT2D eigenvalue weighted by atomic mass is 9.76. The van der Waals surface area contributed by atoms with Crippen molar-refractivity contribution < 1.29 is 28.7 Å². The van der Waals surface area contributed by atoms with Crippen LogP contribution >= 0.6 is 12.2 Å². The minimum Gasteiger partial charge on any atom is -0.447 e. The van der Waals surface area contributed by atoms with Crippen LogP contribution in [-0.4, -0.2) is 146 Å². The summed E-state index contributed by atoms with van der Waals surface area (Å²) in [6, 6.07) is 35.3. The minimum absolute atomic E-state index is 0.0250. The predicted octanol–water partition coefficient (Wildman–Crippen LogP) is 17.0. The zero-order valence-electron chi connectivity index (χ0n) is 65.6. The van der Waals surface area contributed by atoms with Crippen LogP contribution in [0.5, 0.6) is 0 Å². The zero-order chi connectivity index (χ0) is 76.0. The van der Waals surface area contributed by atoms with Gasteiger partial charge in [-0.1, -0.05) is 60.4 Å². The van der Waals surface area contributed by atoms with Crippen molar-refractivity contribution in [2.75, 3.05) is 52.4 Å². The highest BCUT2D eigenvalue weighted by Crippen LogP contribution is 2.45. The summed E-state index contributed by atoms with van der Waals surface area (Å²) in [5.74, 6) is 3.31. The third-order valence-corrected chi connectivity index (χ3v) is 23.5. The maximum absolute atomic E-state index is 14.3. The van der Waals surface area contributed by atoms with Crippen molar-refractivity contribution in [2.24, 2.45) is 16.8 Å². The molecule has 107 heavy (non-hydrogen) atoms. The number of nitrogens with one attached hydrogen (secondary N) is 6. The smallest absolute Gasteiger partial charge is 0.414 e. The standard InChI is InChI=1S/C44H56N6O3.C35H46N4O3S.C9H12N2/c1-27(2)53-43(52)48-42(49-19-16-33(26-49)32-14-17-45-18-15-32)46-24-30(5)39-37-23-35(44(6,7)41(51)50-25-31-8-11-36(50)12-9-31)10-13-38(37)47-40(39)34-21-28(3)20-29(4)22-34;1-20(2)42-34(41)38-33(43)36-18-23(5)30-28-17-26(35(6,7)32(40)39-19-24-8-11-27(39)12-9-24)10-13-29(28)37-31(30)25-15-21(3)14-22(4)16-25;1-4-10-5-2-8(1)9-3-6-11-7-9/h10,13-15,17-18,20-23,27,30-31,33,36,47H,8-9,11-12,16,19,24-26H2,1-7H3,(H,46,48,52);10,13-17,20,23-24,27,37H,8-9,11-12,18-19H2,1-7H3,(H2,36,38,41,43);1-2,4-5,9,11H,3,6-7H2/t30-,31?,33?,36?;23-,24?,27?;/m11./s1. The molecule has 4 amide bonds. The van der Waals surface area contributed by atoms with Gasteiger partial charge >= 0.3 is 12.2 Å². The lowest BCUT2D eigenvalue weighted by molar-refractivity contribution is -0.144. The van der Waals surface area contributed by atoms with Crippen LogP contribution in [0.25, 0.3) is 44.3 Å². The van der Waals surface area contributed by atoms with Gasteiger partial charge in [0, 0.05) is 122 Å². The molecule has 16 rings (SSSR count). The minimum atomic E-state index is -0.670. The van der Waals surface area contributed by atoms with Crippen molar-refractivity contribution in [3.8, 4) is 22.5 Å². The second kappa shape index (κ2) is 33.7. The third kappa shape index (κ3) is 18.3. The van der Waals surface area contributed by atoms with Crippen LogP contribution in [-0.2, 0) is 29.9 Å². The van der Waals surface area contributed by atoms with E-state index in [4.69, 9.17) is 26.7 Å². The normalized spacial score (nSPS) is 20.5. The molecular weight excluding hydrogens is 1350 g/mol. The molecule has 4 bridgehead atoms. The van der Waals surface area contributed by atoms with Gasteiger partial charge in [0.1, 0.15) is 0 Å². The van der Waals surface area contributed by atoms with Crippen molar-refractivity contribution in [1.29, 1.82) is 0 Å². The van der Waals surface area contributed by atoms with Gasteiger partial charge in [-0.05, 0) is 301 Å². The molecule has 6 aliphatic heterocycles. The Bertz CT molecular complexity index is 4460. The first-order chi connectivity index (χ1) is 51.2. The molecule has 4 aromatic carbocycles. The molecule has 6 N–H and O–H groups in total. The molecule has 4 atom stereocenters. The van der Waals surface area contributed by atoms with Gasteiger partial charge in [-0.3, -0.25) is 35.2 Å². The first kappa shape index (κ1) is 77.7. The van der Waals surface area contributed by atoms with E-state index in [9.17, 15) is 19.2 Å². The van der Waals surface area contributed by atoms with Crippen molar-refractivity contribution in [1.82, 2.24) is 55.9 Å². The van der Waals surface area contributed by atoms with E-state index in [0.29, 0.717) is 48.9 Å². The van der Waals surface area contributed by atoms with Gasteiger partial charge in [-0.25, -0.2) is 9.59 Å². The second-order valence-corrected chi connectivity index (χ2v) is 33.5. The molecule has 2 saturated carbocycles. The lowest BCUT2D eigenvalue weighted by Crippen LogP contribution is -2.55. The van der Waals surface area contributed by atoms with Crippen LogP contribution in [0.2, 0.25) is 0 Å². The molecule has 19 heteroatoms. The van der Waals surface area contributed by atoms with Crippen LogP contribution in [0.3, 0.4) is 0 Å². The molecule has 8 aliphatic rings. The Morgan fingerprint density at radius 3 is 1.43 bits per heavy atom. The Balaban J connectivity index is 0.000000177. The van der Waals surface area contributed by atoms with E-state index in [1.165, 1.54) is 65.5 Å². The summed E-state index contributed by atoms with van der Waals surface area (Å²) >= 11 is 5.40. The number of carbonyl (C=O) groups is 4. The number of amides is 4. The molecule has 2 aliphatic carbocycles. The summed E-state index contributed by atoms with van der Waals surface area (Å²) in [5, 5.41) is 14.6. The highest BCUT2D eigenvalue weighted by Gasteiger charge is 2.45. The van der Waals surface area contributed by atoms with Crippen molar-refractivity contribution >= 4 is 69.1 Å². The molecule has 0 spiro atoms. The number of ether oxygens (including phenoxy) is 2. The number of aliphatic imine (C=N–C) groups is 1. The molecule has 6 saturated heterocycles. The maximum Gasteiger partial charge on any atom is 0.414 e. The van der Waals surface area contributed by atoms with Crippen LogP contribution in [0.15, 0.2) is 127 Å². The van der Waals surface area contributed by atoms with Gasteiger partial charge in [-0.15, -0.1) is 0 Å². The number of aryl methyl sites for hydroxylation is 4. The molecule has 8 fully saturated rings. The fraction of sp³-hybridized carbons (Fsp3) is 0.500. The zero-order valence-corrected chi connectivity index (χ0v) is 66.4. The summed E-state index contributed by atoms with van der Waals surface area (Å²) in [5.41, 5.74) is 16.9. The molecule has 4 aromatic heterocycles. The summed E-state index contributed by atoms with van der Waals surface area (Å²) < 4.78 is 10.7. The van der Waals surface area contributed by atoms with Crippen molar-refractivity contribution in [3.63, 3.8) is 0 Å². The number of carbonyl (C=O) groups excluding carboxylic acids is 4. The summed E-state index contributed by atoms with van der Waals surface area (Å²) in [7, 11) is 0. The van der Waals surface area contributed by atoms with Gasteiger partial charge in [0.25, 0.3) is 0 Å². The lowest BCUT2D eigenvalue weighted by Gasteiger charge is -2.47. The molecule has 18 nitrogen and oxygen atoms in total. The second-order valence-electron chi connectivity index (χ2n) is 33.1. The van der Waals surface area contributed by atoms with Crippen LogP contribution < -0.4 is 21.3 Å². The summed E-state index contributed by atoms with van der Waals surface area (Å²) in [6.45, 7) is 35.0. The Morgan fingerprint density at radius 2 is 1.00 bits per heavy atom. The molecular formula is C88H114N12O6S. The average molecular weight is 1470 g/mol. The topological polar surface area (TPSA) is 214 Å². The molecule has 568 valence electrons. The van der Waals surface area contributed by atoms with Gasteiger partial charge in [0.2, 0.25) is 17.8 Å². The van der Waals surface area contributed by atoms with E-state index < -0.39 is 23.0 Å². The largest absolute Gasteiger partial charge is 0.447 e. The fourth-order valence-electron chi connectivity index (χ4n) is 17.5. The SMILES string of the molecule is Cc1cc(C)cc(-c2[nH]c3ccc(C(C)(C)C(=O)N4CC5CCC4CC5)cc3c2[C@H](C)CN=C(NC(=O)OC(C)C)N2CCC(c3ccncc3)C2)c1.Cc1cc(C)cc(-c2[nH]c3ccc(C(C)(C)C(=O)N4CC5CCC4CC5)cc3c2[C@H](C)CNC(=S)NC(=O)OC(C)C)c1.c1cc(C2CCNC2)ccn1. The number of guanidine groups is 1. The molecule has 8 aromatic rings. The number of aromatic nitrogens is 4. The van der Waals surface area contributed by atoms with Gasteiger partial charge in [0.05, 0.1) is 34.4 Å². The number of benzene rings is 4. The predicted molar refractivity (Wildman–Crippen MR) is 434 cm³/mol. The first-order valence-corrected chi connectivity index (χ1v) is 39.7. The number of hydrogen-bond donors (Lipinski definition) is 6. The van der Waals surface area contributed by atoms with E-state index in [-0.39, 0.29) is 41.0 Å². The Morgan fingerprint density at radius 1 is 0.551 bits per heavy atom. The van der Waals surface area contributed by atoms with Crippen LogP contribution in [0.1, 0.15) is 213 Å². The molecule has 2 unspecified atom stereocenters. The number of pyridine rings is 2. The number of aromatic amines is 2. The molecule has 0 radical (unpaired) electrons. The number of alkyl carbamates (subject to hydrolysis) is 2. The highest BCUT2D eigenvalue weighted by atomic mass is 32.1. The van der Waals surface area contributed by atoms with E-state index in [2.05, 4.69) is 222 Å². The van der Waals surface area contributed by atoms with Crippen molar-refractivity contribution in [3.05, 3.63) is 177 Å². The number of likely N-dealkylation sites (tertiary alicyclic amines) is 1. The fourth-order valence-corrected chi connectivity index (χ4v) is 17.7. The highest BCUT2D eigenvalue weighted by molar-refractivity contribution is 7.80. The van der Waals surface area contributed by atoms with Gasteiger partial charge < -0.3 is 44.8 Å². The monoisotopic (exact) mass is 1470 g/mol. The van der Waals surface area contributed by atoms with Crippen LogP contribution in [0.4, 0.5) is 9.59 Å². The van der Waals surface area contributed by atoms with E-state index >= 15 is 0 Å². The number of piperidine rings is 4. The Kier molecular flexibility index (Phi) is 24.5. The number of thiocarbonyl (C=S) groups is 1. The van der Waals surface area contributed by atoms with E-state index in [1.54, 1.807) is 13.8 Å². The maximum atomic E-state index is 14.3. The Labute approximate surface area is 639 Å². The first-order valence-electron chi connectivity index (χ1n) is 39.3. The van der Waals surface area contributed by atoms with Crippen LogP contribution in [0, 0.1) is 39.5 Å². The number of H-pyrrole nitrogens is 2. The Hall–Kier alpha value is -8.94. The molecule has 10 heterocycles. The van der Waals surface area contributed by atoms with E-state index in [0.717, 1.165) is 144 Å². The number of hydrogen-bond acceptors (Lipinski definition) is 11. The average Bonchev–Trinajstić information content (AvgIpc) is 1.66. The van der Waals surface area contributed by atoms with Crippen molar-refractivity contribution in [2.45, 2.75) is 220 Å². The third-order valence-electron chi connectivity index (χ3n) is 23.2. The van der Waals surface area contributed by atoms with E-state index in [1.807, 2.05) is 38.6 Å². The van der Waals surface area contributed by atoms with Gasteiger partial charge in [0.15, 0.2) is 5.11 Å². The number of nitrogens with zero attached hydrogens (tertiary/aromatic N) is 6. The number of fused-ring (bicyclic) bond motifs is 8. The number of rotatable bonds is 16. The van der Waals surface area contributed by atoms with Gasteiger partial charge in [-0.2, -0.15) is 0 Å². The summed E-state index contributed by atoms with van der Waals surface area (Å²) in [6.07, 6.45) is 17.6. The summed E-state index contributed by atoms with van der Waals surface area (Å²) in [4.78, 5) is 80.7. The quantitative estimate of drug-likeness (QED) is 0.0303.